The zero-order valence-electron chi connectivity index (χ0n) is 12.7. The van der Waals surface area contributed by atoms with Crippen molar-refractivity contribution in [1.82, 2.24) is 0 Å². The van der Waals surface area contributed by atoms with Crippen LogP contribution in [0.4, 0.5) is 0 Å². The number of rotatable bonds is 8. The molecule has 1 aromatic carbocycles. The Morgan fingerprint density at radius 3 is 2.37 bits per heavy atom. The summed E-state index contributed by atoms with van der Waals surface area (Å²) in [5.41, 5.74) is 1.42. The van der Waals surface area contributed by atoms with Crippen molar-refractivity contribution in [3.63, 3.8) is 0 Å². The van der Waals surface area contributed by atoms with Crippen LogP contribution in [-0.4, -0.2) is 8.07 Å². The lowest BCUT2D eigenvalue weighted by Crippen LogP contribution is -2.17. The van der Waals surface area contributed by atoms with E-state index in [-0.39, 0.29) is 0 Å². The molecule has 1 atom stereocenters. The first kappa shape index (κ1) is 16.0. The molecule has 0 fully saturated rings. The SMILES string of the molecule is C=CC(CC/C=C/C[Si](C)(C)C)Cc1ccccc1. The third kappa shape index (κ3) is 7.84. The molecule has 1 aromatic rings. The van der Waals surface area contributed by atoms with Gasteiger partial charge in [-0.25, -0.2) is 0 Å². The van der Waals surface area contributed by atoms with Crippen molar-refractivity contribution < 1.29 is 0 Å². The summed E-state index contributed by atoms with van der Waals surface area (Å²) in [4.78, 5) is 0. The van der Waals surface area contributed by atoms with Crippen LogP contribution in [0, 0.1) is 5.92 Å². The summed E-state index contributed by atoms with van der Waals surface area (Å²) in [7, 11) is -0.911. The highest BCUT2D eigenvalue weighted by molar-refractivity contribution is 6.76. The summed E-state index contributed by atoms with van der Waals surface area (Å²) >= 11 is 0. The Morgan fingerprint density at radius 1 is 1.11 bits per heavy atom. The quantitative estimate of drug-likeness (QED) is 0.420. The van der Waals surface area contributed by atoms with Crippen molar-refractivity contribution in [2.45, 2.75) is 44.9 Å². The predicted molar refractivity (Wildman–Crippen MR) is 90.4 cm³/mol. The lowest BCUT2D eigenvalue weighted by atomic mass is 9.95. The van der Waals surface area contributed by atoms with Crippen molar-refractivity contribution in [3.8, 4) is 0 Å². The minimum atomic E-state index is -0.911. The largest absolute Gasteiger partial charge is 0.103 e. The van der Waals surface area contributed by atoms with Crippen molar-refractivity contribution in [1.29, 1.82) is 0 Å². The molecule has 104 valence electrons. The molecule has 0 N–H and O–H groups in total. The maximum Gasteiger partial charge on any atom is 0.0480 e. The van der Waals surface area contributed by atoms with E-state index in [2.05, 4.69) is 74.8 Å². The fourth-order valence-corrected chi connectivity index (χ4v) is 2.96. The van der Waals surface area contributed by atoms with Gasteiger partial charge >= 0.3 is 0 Å². The number of hydrogen-bond donors (Lipinski definition) is 0. The summed E-state index contributed by atoms with van der Waals surface area (Å²) in [6.45, 7) is 11.2. The molecule has 0 aromatic heterocycles. The topological polar surface area (TPSA) is 0 Å². The molecule has 0 saturated carbocycles. The van der Waals surface area contributed by atoms with Gasteiger partial charge in [-0.3, -0.25) is 0 Å². The molecular weight excluding hydrogens is 244 g/mol. The Morgan fingerprint density at radius 2 is 1.79 bits per heavy atom. The third-order valence-corrected chi connectivity index (χ3v) is 4.74. The third-order valence-electron chi connectivity index (χ3n) is 3.28. The maximum absolute atomic E-state index is 3.98. The van der Waals surface area contributed by atoms with Crippen molar-refractivity contribution in [3.05, 3.63) is 60.7 Å². The van der Waals surface area contributed by atoms with Crippen LogP contribution in [0.5, 0.6) is 0 Å². The highest BCUT2D eigenvalue weighted by Crippen LogP contribution is 2.16. The van der Waals surface area contributed by atoms with Crippen LogP contribution >= 0.6 is 0 Å². The Balaban J connectivity index is 2.32. The van der Waals surface area contributed by atoms with Gasteiger partial charge in [-0.05, 0) is 36.8 Å². The minimum Gasteiger partial charge on any atom is -0.103 e. The lowest BCUT2D eigenvalue weighted by Gasteiger charge is -2.12. The predicted octanol–water partition coefficient (Wildman–Crippen LogP) is 5.71. The second-order valence-electron chi connectivity index (χ2n) is 6.50. The van der Waals surface area contributed by atoms with Crippen molar-refractivity contribution in [2.75, 3.05) is 0 Å². The zero-order chi connectivity index (χ0) is 14.1. The summed E-state index contributed by atoms with van der Waals surface area (Å²) in [6.07, 6.45) is 10.4. The number of hydrogen-bond acceptors (Lipinski definition) is 0. The van der Waals surface area contributed by atoms with Crippen LogP contribution in [0.15, 0.2) is 55.1 Å². The molecule has 0 aliphatic carbocycles. The molecule has 0 aliphatic heterocycles. The van der Waals surface area contributed by atoms with Crippen molar-refractivity contribution in [2.24, 2.45) is 5.92 Å². The van der Waals surface area contributed by atoms with Crippen LogP contribution in [0.3, 0.4) is 0 Å². The standard InChI is InChI=1S/C18H28Si/c1-5-17(16-18-13-8-6-9-14-18)12-10-7-11-15-19(2,3)4/h5-9,11,13-14,17H,1,10,12,15-16H2,2-4H3/b11-7+. The fraction of sp³-hybridized carbons (Fsp3) is 0.444. The monoisotopic (exact) mass is 272 g/mol. The maximum atomic E-state index is 3.98. The fourth-order valence-electron chi connectivity index (χ4n) is 2.09. The van der Waals surface area contributed by atoms with Gasteiger partial charge in [0.1, 0.15) is 0 Å². The zero-order valence-corrected chi connectivity index (χ0v) is 13.7. The van der Waals surface area contributed by atoms with E-state index in [1.807, 2.05) is 0 Å². The molecule has 0 amide bonds. The molecule has 0 bridgehead atoms. The van der Waals surface area contributed by atoms with Crippen LogP contribution in [0.25, 0.3) is 0 Å². The van der Waals surface area contributed by atoms with Gasteiger partial charge in [-0.2, -0.15) is 0 Å². The Labute approximate surface area is 120 Å². The van der Waals surface area contributed by atoms with Crippen molar-refractivity contribution >= 4 is 8.07 Å². The Hall–Kier alpha value is -1.08. The molecular formula is C18H28Si. The normalized spacial score (nSPS) is 13.6. The van der Waals surface area contributed by atoms with Gasteiger partial charge < -0.3 is 0 Å². The molecule has 0 saturated heterocycles. The molecule has 0 radical (unpaired) electrons. The Kier molecular flexibility index (Phi) is 6.86. The average molecular weight is 273 g/mol. The van der Waals surface area contributed by atoms with Gasteiger partial charge in [0.2, 0.25) is 0 Å². The van der Waals surface area contributed by atoms with E-state index in [1.165, 1.54) is 24.4 Å². The van der Waals surface area contributed by atoms with Gasteiger partial charge in [0.25, 0.3) is 0 Å². The highest BCUT2D eigenvalue weighted by Gasteiger charge is 2.09. The second kappa shape index (κ2) is 8.16. The molecule has 19 heavy (non-hydrogen) atoms. The first-order chi connectivity index (χ1) is 9.01. The summed E-state index contributed by atoms with van der Waals surface area (Å²) in [6, 6.07) is 12.0. The highest BCUT2D eigenvalue weighted by atomic mass is 28.3. The minimum absolute atomic E-state index is 0.596. The molecule has 1 heteroatoms. The van der Waals surface area contributed by atoms with Gasteiger partial charge in [0.15, 0.2) is 0 Å². The lowest BCUT2D eigenvalue weighted by molar-refractivity contribution is 0.596. The molecule has 0 spiro atoms. The first-order valence-corrected chi connectivity index (χ1v) is 11.0. The first-order valence-electron chi connectivity index (χ1n) is 7.33. The van der Waals surface area contributed by atoms with E-state index in [0.717, 1.165) is 6.42 Å². The van der Waals surface area contributed by atoms with Crippen LogP contribution < -0.4 is 0 Å². The summed E-state index contributed by atoms with van der Waals surface area (Å²) in [5, 5.41) is 0. The molecule has 0 aliphatic rings. The van der Waals surface area contributed by atoms with E-state index in [4.69, 9.17) is 0 Å². The smallest absolute Gasteiger partial charge is 0.0480 e. The van der Waals surface area contributed by atoms with Gasteiger partial charge in [-0.1, -0.05) is 68.2 Å². The van der Waals surface area contributed by atoms with Crippen LogP contribution in [0.2, 0.25) is 25.7 Å². The molecule has 1 unspecified atom stereocenters. The molecule has 1 rings (SSSR count). The van der Waals surface area contributed by atoms with E-state index in [1.54, 1.807) is 0 Å². The van der Waals surface area contributed by atoms with E-state index < -0.39 is 8.07 Å². The van der Waals surface area contributed by atoms with Gasteiger partial charge in [0, 0.05) is 8.07 Å². The van der Waals surface area contributed by atoms with E-state index in [9.17, 15) is 0 Å². The summed E-state index contributed by atoms with van der Waals surface area (Å²) < 4.78 is 0. The molecule has 0 nitrogen and oxygen atoms in total. The molecule has 0 heterocycles. The second-order valence-corrected chi connectivity index (χ2v) is 12.0. The number of benzene rings is 1. The van der Waals surface area contributed by atoms with E-state index in [0.29, 0.717) is 5.92 Å². The average Bonchev–Trinajstić information content (AvgIpc) is 2.37. The van der Waals surface area contributed by atoms with E-state index >= 15 is 0 Å². The summed E-state index contributed by atoms with van der Waals surface area (Å²) in [5.74, 6) is 0.596. The Bertz CT molecular complexity index is 384. The van der Waals surface area contributed by atoms with Crippen LogP contribution in [0.1, 0.15) is 18.4 Å². The van der Waals surface area contributed by atoms with Gasteiger partial charge in [0.05, 0.1) is 0 Å². The number of allylic oxidation sites excluding steroid dienone is 3. The van der Waals surface area contributed by atoms with Crippen LogP contribution in [-0.2, 0) is 6.42 Å². The van der Waals surface area contributed by atoms with Gasteiger partial charge in [-0.15, -0.1) is 6.58 Å².